The van der Waals surface area contributed by atoms with E-state index in [-0.39, 0.29) is 23.7 Å². The second-order valence-electron chi connectivity index (χ2n) is 5.81. The van der Waals surface area contributed by atoms with Crippen molar-refractivity contribution in [1.82, 2.24) is 5.32 Å². The van der Waals surface area contributed by atoms with E-state index in [0.29, 0.717) is 18.7 Å². The smallest absolute Gasteiger partial charge is 0.223 e. The normalized spacial score (nSPS) is 21.5. The Morgan fingerprint density at radius 3 is 2.95 bits per heavy atom. The van der Waals surface area contributed by atoms with E-state index in [1.165, 1.54) is 6.07 Å². The highest BCUT2D eigenvalue weighted by Crippen LogP contribution is 2.24. The molecule has 1 saturated carbocycles. The van der Waals surface area contributed by atoms with Crippen molar-refractivity contribution in [2.45, 2.75) is 44.0 Å². The molecule has 1 aromatic carbocycles. The van der Waals surface area contributed by atoms with Crippen LogP contribution < -0.4 is 5.32 Å². The van der Waals surface area contributed by atoms with Gasteiger partial charge in [0.1, 0.15) is 5.82 Å². The van der Waals surface area contributed by atoms with Crippen LogP contribution >= 0.6 is 11.8 Å². The highest BCUT2D eigenvalue weighted by molar-refractivity contribution is 7.98. The van der Waals surface area contributed by atoms with Crippen molar-refractivity contribution in [2.75, 3.05) is 12.3 Å². The fourth-order valence-electron chi connectivity index (χ4n) is 2.73. The van der Waals surface area contributed by atoms with Gasteiger partial charge in [0, 0.05) is 18.2 Å². The number of amides is 1. The summed E-state index contributed by atoms with van der Waals surface area (Å²) in [7, 11) is 0. The molecule has 3 nitrogen and oxygen atoms in total. The van der Waals surface area contributed by atoms with E-state index in [0.717, 1.165) is 37.0 Å². The molecule has 0 unspecified atom stereocenters. The van der Waals surface area contributed by atoms with E-state index in [4.69, 9.17) is 0 Å². The van der Waals surface area contributed by atoms with Crippen LogP contribution in [0.2, 0.25) is 0 Å². The molecule has 0 spiro atoms. The third-order valence-corrected chi connectivity index (χ3v) is 5.09. The summed E-state index contributed by atoms with van der Waals surface area (Å²) in [6.45, 7) is 0.649. The van der Waals surface area contributed by atoms with E-state index in [1.54, 1.807) is 23.9 Å². The van der Waals surface area contributed by atoms with E-state index >= 15 is 0 Å². The molecule has 0 aromatic heterocycles. The quantitative estimate of drug-likeness (QED) is 0.757. The van der Waals surface area contributed by atoms with Crippen LogP contribution in [-0.2, 0) is 10.5 Å². The van der Waals surface area contributed by atoms with E-state index in [9.17, 15) is 14.3 Å². The van der Waals surface area contributed by atoms with Gasteiger partial charge in [-0.3, -0.25) is 4.79 Å². The molecule has 0 saturated heterocycles. The maximum Gasteiger partial charge on any atom is 0.223 e. The van der Waals surface area contributed by atoms with Crippen LogP contribution in [0.3, 0.4) is 0 Å². The Labute approximate surface area is 135 Å². The SMILES string of the molecule is O=C(NCCCSCc1ccccc1F)[C@H]1CCC[C@H](O)C1. The van der Waals surface area contributed by atoms with Crippen molar-refractivity contribution in [3.05, 3.63) is 35.6 Å². The van der Waals surface area contributed by atoms with Gasteiger partial charge in [-0.15, -0.1) is 0 Å². The van der Waals surface area contributed by atoms with Crippen LogP contribution in [0.5, 0.6) is 0 Å². The number of hydrogen-bond donors (Lipinski definition) is 2. The number of carbonyl (C=O) groups is 1. The molecule has 2 atom stereocenters. The average molecular weight is 325 g/mol. The van der Waals surface area contributed by atoms with Crippen LogP contribution in [0.15, 0.2) is 24.3 Å². The zero-order chi connectivity index (χ0) is 15.8. The number of aliphatic hydroxyl groups is 1. The minimum absolute atomic E-state index is 0.0326. The zero-order valence-electron chi connectivity index (χ0n) is 12.8. The van der Waals surface area contributed by atoms with E-state index < -0.39 is 0 Å². The molecule has 22 heavy (non-hydrogen) atoms. The van der Waals surface area contributed by atoms with Crippen LogP contribution in [0.1, 0.15) is 37.7 Å². The first-order valence-corrected chi connectivity index (χ1v) is 9.09. The summed E-state index contributed by atoms with van der Waals surface area (Å²) in [6, 6.07) is 6.83. The topological polar surface area (TPSA) is 49.3 Å². The van der Waals surface area contributed by atoms with Gasteiger partial charge in [-0.1, -0.05) is 24.6 Å². The minimum Gasteiger partial charge on any atom is -0.393 e. The number of nitrogens with one attached hydrogen (secondary N) is 1. The summed E-state index contributed by atoms with van der Waals surface area (Å²) in [4.78, 5) is 12.0. The number of thioether (sulfide) groups is 1. The van der Waals surface area contributed by atoms with E-state index in [2.05, 4.69) is 5.32 Å². The lowest BCUT2D eigenvalue weighted by Crippen LogP contribution is -2.35. The first-order chi connectivity index (χ1) is 10.7. The first kappa shape index (κ1) is 17.3. The predicted octanol–water partition coefficient (Wildman–Crippen LogP) is 3.12. The molecule has 0 aliphatic heterocycles. The molecular formula is C17H24FNO2S. The third-order valence-electron chi connectivity index (χ3n) is 4.00. The summed E-state index contributed by atoms with van der Waals surface area (Å²) in [5.41, 5.74) is 0.729. The lowest BCUT2D eigenvalue weighted by molar-refractivity contribution is -0.127. The van der Waals surface area contributed by atoms with Crippen molar-refractivity contribution in [2.24, 2.45) is 5.92 Å². The van der Waals surface area contributed by atoms with Gasteiger partial charge in [-0.2, -0.15) is 11.8 Å². The van der Waals surface area contributed by atoms with Gasteiger partial charge in [-0.05, 0) is 43.1 Å². The van der Waals surface area contributed by atoms with Crippen molar-refractivity contribution in [3.8, 4) is 0 Å². The standard InChI is InChI=1S/C17H24FNO2S/c18-16-8-2-1-5-14(16)12-22-10-4-9-19-17(21)13-6-3-7-15(20)11-13/h1-2,5,8,13,15,20H,3-4,6-7,9-12H2,(H,19,21)/t13-,15-/m0/s1. The molecular weight excluding hydrogens is 301 g/mol. The number of benzene rings is 1. The van der Waals surface area contributed by atoms with Crippen molar-refractivity contribution in [1.29, 1.82) is 0 Å². The maximum absolute atomic E-state index is 13.4. The lowest BCUT2D eigenvalue weighted by atomic mass is 9.87. The highest BCUT2D eigenvalue weighted by Gasteiger charge is 2.25. The maximum atomic E-state index is 13.4. The summed E-state index contributed by atoms with van der Waals surface area (Å²) >= 11 is 1.68. The number of carbonyl (C=O) groups excluding carboxylic acids is 1. The van der Waals surface area contributed by atoms with Gasteiger partial charge in [-0.25, -0.2) is 4.39 Å². The Morgan fingerprint density at radius 2 is 2.18 bits per heavy atom. The molecule has 1 amide bonds. The molecule has 0 bridgehead atoms. The summed E-state index contributed by atoms with van der Waals surface area (Å²) in [5, 5.41) is 12.5. The lowest BCUT2D eigenvalue weighted by Gasteiger charge is -2.24. The molecule has 2 rings (SSSR count). The Bertz CT molecular complexity index is 483. The number of halogens is 1. The molecule has 1 aliphatic carbocycles. The number of aliphatic hydroxyl groups excluding tert-OH is 1. The average Bonchev–Trinajstić information content (AvgIpc) is 2.52. The molecule has 1 aromatic rings. The number of rotatable bonds is 7. The Balaban J connectivity index is 1.55. The van der Waals surface area contributed by atoms with Gasteiger partial charge in [0.15, 0.2) is 0 Å². The second kappa shape index (κ2) is 9.16. The second-order valence-corrected chi connectivity index (χ2v) is 6.91. The van der Waals surface area contributed by atoms with Crippen molar-refractivity contribution < 1.29 is 14.3 Å². The van der Waals surface area contributed by atoms with Crippen LogP contribution in [-0.4, -0.2) is 29.4 Å². The molecule has 5 heteroatoms. The fraction of sp³-hybridized carbons (Fsp3) is 0.588. The largest absolute Gasteiger partial charge is 0.393 e. The molecule has 2 N–H and O–H groups in total. The summed E-state index contributed by atoms with van der Waals surface area (Å²) < 4.78 is 13.4. The Kier molecular flexibility index (Phi) is 7.19. The van der Waals surface area contributed by atoms with Gasteiger partial charge >= 0.3 is 0 Å². The number of hydrogen-bond acceptors (Lipinski definition) is 3. The summed E-state index contributed by atoms with van der Waals surface area (Å²) in [6.07, 6.45) is 3.77. The summed E-state index contributed by atoms with van der Waals surface area (Å²) in [5.74, 6) is 1.43. The molecule has 1 aliphatic rings. The van der Waals surface area contributed by atoms with Crippen molar-refractivity contribution in [3.63, 3.8) is 0 Å². The minimum atomic E-state index is -0.319. The van der Waals surface area contributed by atoms with Crippen LogP contribution in [0, 0.1) is 11.7 Å². The monoisotopic (exact) mass is 325 g/mol. The third kappa shape index (κ3) is 5.61. The van der Waals surface area contributed by atoms with Crippen LogP contribution in [0.25, 0.3) is 0 Å². The Hall–Kier alpha value is -1.07. The van der Waals surface area contributed by atoms with Gasteiger partial charge in [0.05, 0.1) is 6.10 Å². The predicted molar refractivity (Wildman–Crippen MR) is 88.2 cm³/mol. The van der Waals surface area contributed by atoms with Gasteiger partial charge < -0.3 is 10.4 Å². The highest BCUT2D eigenvalue weighted by atomic mass is 32.2. The molecule has 122 valence electrons. The van der Waals surface area contributed by atoms with Crippen molar-refractivity contribution >= 4 is 17.7 Å². The first-order valence-electron chi connectivity index (χ1n) is 7.93. The van der Waals surface area contributed by atoms with E-state index in [1.807, 2.05) is 6.07 Å². The Morgan fingerprint density at radius 1 is 1.36 bits per heavy atom. The molecule has 0 heterocycles. The van der Waals surface area contributed by atoms with Gasteiger partial charge in [0.2, 0.25) is 5.91 Å². The van der Waals surface area contributed by atoms with Crippen LogP contribution in [0.4, 0.5) is 4.39 Å². The van der Waals surface area contributed by atoms with Gasteiger partial charge in [0.25, 0.3) is 0 Å². The molecule has 0 radical (unpaired) electrons. The zero-order valence-corrected chi connectivity index (χ0v) is 13.6. The fourth-order valence-corrected chi connectivity index (χ4v) is 3.68. The molecule has 1 fully saturated rings.